The molecule has 1 amide bonds. The summed E-state index contributed by atoms with van der Waals surface area (Å²) in [7, 11) is 1.66. The van der Waals surface area contributed by atoms with Gasteiger partial charge in [-0.3, -0.25) is 4.79 Å². The highest BCUT2D eigenvalue weighted by Crippen LogP contribution is 2.41. The molecule has 3 heteroatoms. The molecule has 0 spiro atoms. The number of benzene rings is 2. The quantitative estimate of drug-likeness (QED) is 0.636. The van der Waals surface area contributed by atoms with Crippen molar-refractivity contribution in [3.8, 4) is 5.75 Å². The molecule has 0 bridgehead atoms. The lowest BCUT2D eigenvalue weighted by atomic mass is 9.67. The summed E-state index contributed by atoms with van der Waals surface area (Å²) in [6.07, 6.45) is 5.56. The number of rotatable bonds is 6. The smallest absolute Gasteiger partial charge is 0.251 e. The third kappa shape index (κ3) is 5.62. The maximum atomic E-state index is 12.8. The third-order valence-electron chi connectivity index (χ3n) is 6.14. The maximum absolute atomic E-state index is 12.8. The Labute approximate surface area is 176 Å². The molecule has 2 aromatic carbocycles. The van der Waals surface area contributed by atoms with Crippen LogP contribution >= 0.6 is 0 Å². The van der Waals surface area contributed by atoms with Gasteiger partial charge in [0.15, 0.2) is 0 Å². The molecule has 1 fully saturated rings. The van der Waals surface area contributed by atoms with E-state index in [0.29, 0.717) is 12.1 Å². The van der Waals surface area contributed by atoms with Crippen LogP contribution in [0.2, 0.25) is 0 Å². The van der Waals surface area contributed by atoms with E-state index in [-0.39, 0.29) is 11.3 Å². The predicted octanol–water partition coefficient (Wildman–Crippen LogP) is 6.16. The number of hydrogen-bond donors (Lipinski definition) is 1. The number of nitrogens with one attached hydrogen (secondary N) is 1. The van der Waals surface area contributed by atoms with Crippen molar-refractivity contribution in [1.29, 1.82) is 0 Å². The normalized spacial score (nSPS) is 20.9. The maximum Gasteiger partial charge on any atom is 0.251 e. The van der Waals surface area contributed by atoms with Crippen LogP contribution in [0.15, 0.2) is 48.5 Å². The molecule has 1 aliphatic carbocycles. The topological polar surface area (TPSA) is 38.3 Å². The molecule has 1 N–H and O–H groups in total. The van der Waals surface area contributed by atoms with Gasteiger partial charge in [0.05, 0.1) is 7.11 Å². The molecule has 29 heavy (non-hydrogen) atoms. The van der Waals surface area contributed by atoms with E-state index >= 15 is 0 Å². The van der Waals surface area contributed by atoms with Crippen LogP contribution < -0.4 is 10.1 Å². The molecular weight excluding hydrogens is 358 g/mol. The number of ether oxygens (including phenoxy) is 1. The lowest BCUT2D eigenvalue weighted by Crippen LogP contribution is -2.43. The van der Waals surface area contributed by atoms with Crippen LogP contribution in [0.4, 0.5) is 0 Å². The third-order valence-corrected chi connectivity index (χ3v) is 6.14. The van der Waals surface area contributed by atoms with Gasteiger partial charge >= 0.3 is 0 Å². The van der Waals surface area contributed by atoms with Crippen LogP contribution in [0.5, 0.6) is 5.75 Å². The fraction of sp³-hybridized carbons (Fsp3) is 0.500. The Morgan fingerprint density at radius 3 is 2.34 bits per heavy atom. The Morgan fingerprint density at radius 2 is 1.76 bits per heavy atom. The molecule has 0 aromatic heterocycles. The van der Waals surface area contributed by atoms with Gasteiger partial charge in [0.1, 0.15) is 5.75 Å². The highest BCUT2D eigenvalue weighted by molar-refractivity contribution is 5.94. The standard InChI is InChI=1S/C24H31NO2.C2H6/c1-4-19-10-11-20(16-22(19)27-3)23(26)25-17-24(14-12-18(2)13-15-24)21-8-6-5-7-9-21;1-2/h5-11,16,18H,4,12-15,17H2,1-3H3,(H,25,26);1-2H3. The summed E-state index contributed by atoms with van der Waals surface area (Å²) in [6.45, 7) is 9.10. The molecule has 2 aromatic rings. The minimum Gasteiger partial charge on any atom is -0.496 e. The van der Waals surface area contributed by atoms with Gasteiger partial charge in [-0.15, -0.1) is 0 Å². The summed E-state index contributed by atoms with van der Waals surface area (Å²) in [5.74, 6) is 1.53. The van der Waals surface area contributed by atoms with Gasteiger partial charge in [-0.05, 0) is 61.3 Å². The summed E-state index contributed by atoms with van der Waals surface area (Å²) < 4.78 is 5.44. The van der Waals surface area contributed by atoms with Gasteiger partial charge < -0.3 is 10.1 Å². The number of hydrogen-bond acceptors (Lipinski definition) is 2. The molecule has 0 atom stereocenters. The Balaban J connectivity index is 0.00000145. The largest absolute Gasteiger partial charge is 0.496 e. The number of methoxy groups -OCH3 is 1. The van der Waals surface area contributed by atoms with Crippen LogP contribution in [-0.2, 0) is 11.8 Å². The molecule has 0 heterocycles. The minimum absolute atomic E-state index is 0.0233. The average Bonchev–Trinajstić information content (AvgIpc) is 2.80. The monoisotopic (exact) mass is 395 g/mol. The van der Waals surface area contributed by atoms with E-state index in [4.69, 9.17) is 4.74 Å². The van der Waals surface area contributed by atoms with E-state index in [9.17, 15) is 4.79 Å². The van der Waals surface area contributed by atoms with E-state index in [1.165, 1.54) is 18.4 Å². The zero-order valence-electron chi connectivity index (χ0n) is 18.8. The SMILES string of the molecule is CC.CCc1ccc(C(=O)NCC2(c3ccccc3)CCC(C)CC2)cc1OC. The fourth-order valence-corrected chi connectivity index (χ4v) is 4.20. The second-order valence-electron chi connectivity index (χ2n) is 7.89. The Morgan fingerprint density at radius 1 is 1.10 bits per heavy atom. The van der Waals surface area contributed by atoms with Crippen LogP contribution in [0.1, 0.15) is 74.9 Å². The minimum atomic E-state index is -0.0233. The summed E-state index contributed by atoms with van der Waals surface area (Å²) >= 11 is 0. The van der Waals surface area contributed by atoms with Crippen LogP contribution in [0.25, 0.3) is 0 Å². The van der Waals surface area contributed by atoms with E-state index in [1.807, 2.05) is 32.0 Å². The van der Waals surface area contributed by atoms with Gasteiger partial charge in [0.25, 0.3) is 5.91 Å². The predicted molar refractivity (Wildman–Crippen MR) is 122 cm³/mol. The first kappa shape index (κ1) is 23.0. The van der Waals surface area contributed by atoms with Crippen molar-refractivity contribution in [2.75, 3.05) is 13.7 Å². The molecule has 1 aliphatic rings. The van der Waals surface area contributed by atoms with Crippen molar-refractivity contribution >= 4 is 5.91 Å². The lowest BCUT2D eigenvalue weighted by molar-refractivity contribution is 0.0933. The van der Waals surface area contributed by atoms with E-state index in [2.05, 4.69) is 49.5 Å². The number of carbonyl (C=O) groups excluding carboxylic acids is 1. The Hall–Kier alpha value is -2.29. The van der Waals surface area contributed by atoms with Crippen molar-refractivity contribution < 1.29 is 9.53 Å². The van der Waals surface area contributed by atoms with Gasteiger partial charge in [0, 0.05) is 17.5 Å². The lowest BCUT2D eigenvalue weighted by Gasteiger charge is -2.40. The van der Waals surface area contributed by atoms with Crippen molar-refractivity contribution in [2.24, 2.45) is 5.92 Å². The molecule has 1 saturated carbocycles. The Kier molecular flexibility index (Phi) is 8.75. The molecule has 158 valence electrons. The second kappa shape index (κ2) is 11.0. The molecule has 0 aliphatic heterocycles. The zero-order chi connectivity index (χ0) is 21.3. The van der Waals surface area contributed by atoms with Crippen LogP contribution in [0.3, 0.4) is 0 Å². The molecule has 0 radical (unpaired) electrons. The van der Waals surface area contributed by atoms with Crippen molar-refractivity contribution in [3.63, 3.8) is 0 Å². The van der Waals surface area contributed by atoms with Crippen molar-refractivity contribution in [2.45, 2.75) is 65.2 Å². The van der Waals surface area contributed by atoms with Crippen molar-refractivity contribution in [3.05, 3.63) is 65.2 Å². The first-order chi connectivity index (χ1) is 14.1. The molecular formula is C26H37NO2. The van der Waals surface area contributed by atoms with Crippen LogP contribution in [-0.4, -0.2) is 19.6 Å². The van der Waals surface area contributed by atoms with Gasteiger partial charge in [-0.2, -0.15) is 0 Å². The van der Waals surface area contributed by atoms with Gasteiger partial charge in [-0.25, -0.2) is 0 Å². The van der Waals surface area contributed by atoms with E-state index in [1.54, 1.807) is 7.11 Å². The van der Waals surface area contributed by atoms with Crippen molar-refractivity contribution in [1.82, 2.24) is 5.32 Å². The molecule has 3 rings (SSSR count). The summed E-state index contributed by atoms with van der Waals surface area (Å²) in [5, 5.41) is 3.22. The van der Waals surface area contributed by atoms with Crippen LogP contribution in [0, 0.1) is 5.92 Å². The number of carbonyl (C=O) groups is 1. The summed E-state index contributed by atoms with van der Waals surface area (Å²) in [4.78, 5) is 12.8. The molecule has 0 unspecified atom stereocenters. The van der Waals surface area contributed by atoms with E-state index in [0.717, 1.165) is 36.5 Å². The zero-order valence-corrected chi connectivity index (χ0v) is 18.8. The first-order valence-electron chi connectivity index (χ1n) is 11.1. The summed E-state index contributed by atoms with van der Waals surface area (Å²) in [5.41, 5.74) is 3.17. The second-order valence-corrected chi connectivity index (χ2v) is 7.89. The molecule has 3 nitrogen and oxygen atoms in total. The van der Waals surface area contributed by atoms with Gasteiger partial charge in [0.2, 0.25) is 0 Å². The van der Waals surface area contributed by atoms with Gasteiger partial charge in [-0.1, -0.05) is 64.1 Å². The number of amides is 1. The fourth-order valence-electron chi connectivity index (χ4n) is 4.20. The number of aryl methyl sites for hydroxylation is 1. The summed E-state index contributed by atoms with van der Waals surface area (Å²) in [6, 6.07) is 16.4. The highest BCUT2D eigenvalue weighted by atomic mass is 16.5. The van der Waals surface area contributed by atoms with E-state index < -0.39 is 0 Å². The first-order valence-corrected chi connectivity index (χ1v) is 11.1. The highest BCUT2D eigenvalue weighted by Gasteiger charge is 2.36. The molecule has 0 saturated heterocycles. The average molecular weight is 396 g/mol. The Bertz CT molecular complexity index is 762.